The van der Waals surface area contributed by atoms with Crippen LogP contribution in [0.15, 0.2) is 48.5 Å². The van der Waals surface area contributed by atoms with E-state index in [1.54, 1.807) is 55.6 Å². The summed E-state index contributed by atoms with van der Waals surface area (Å²) in [6.45, 7) is 1.69. The first kappa shape index (κ1) is 18.0. The molecule has 0 saturated heterocycles. The van der Waals surface area contributed by atoms with Crippen molar-refractivity contribution in [3.63, 3.8) is 0 Å². The van der Waals surface area contributed by atoms with Crippen LogP contribution in [-0.4, -0.2) is 25.5 Å². The molecule has 0 heterocycles. The first-order valence-electron chi connectivity index (χ1n) is 7.75. The molecule has 0 bridgehead atoms. The lowest BCUT2D eigenvalue weighted by atomic mass is 10.2. The van der Waals surface area contributed by atoms with Gasteiger partial charge in [-0.3, -0.25) is 9.59 Å². The van der Waals surface area contributed by atoms with Crippen molar-refractivity contribution < 1.29 is 14.3 Å². The zero-order valence-corrected chi connectivity index (χ0v) is 14.2. The van der Waals surface area contributed by atoms with Crippen molar-refractivity contribution in [3.8, 4) is 11.8 Å². The van der Waals surface area contributed by atoms with Crippen LogP contribution in [0.3, 0.4) is 0 Å². The monoisotopic (exact) mass is 337 g/mol. The molecule has 0 aromatic heterocycles. The number of carbonyl (C=O) groups excluding carboxylic acids is 2. The highest BCUT2D eigenvalue weighted by molar-refractivity contribution is 5.95. The van der Waals surface area contributed by atoms with Crippen molar-refractivity contribution in [2.75, 3.05) is 23.9 Å². The Morgan fingerprint density at radius 3 is 2.64 bits per heavy atom. The van der Waals surface area contributed by atoms with Gasteiger partial charge >= 0.3 is 0 Å². The fourth-order valence-electron chi connectivity index (χ4n) is 2.35. The van der Waals surface area contributed by atoms with Crippen molar-refractivity contribution in [2.45, 2.75) is 13.3 Å². The minimum absolute atomic E-state index is 0.133. The minimum Gasteiger partial charge on any atom is -0.497 e. The van der Waals surface area contributed by atoms with Gasteiger partial charge in [0, 0.05) is 37.3 Å². The summed E-state index contributed by atoms with van der Waals surface area (Å²) >= 11 is 0. The number of methoxy groups -OCH3 is 1. The second-order valence-electron chi connectivity index (χ2n) is 5.36. The van der Waals surface area contributed by atoms with Gasteiger partial charge in [-0.2, -0.15) is 5.26 Å². The third-order valence-electron chi connectivity index (χ3n) is 3.58. The van der Waals surface area contributed by atoms with Crippen LogP contribution in [0, 0.1) is 11.3 Å². The fraction of sp³-hybridized carbons (Fsp3) is 0.211. The molecule has 0 aliphatic heterocycles. The first-order valence-corrected chi connectivity index (χ1v) is 7.75. The predicted molar refractivity (Wildman–Crippen MR) is 95.4 cm³/mol. The van der Waals surface area contributed by atoms with Crippen molar-refractivity contribution in [1.29, 1.82) is 5.26 Å². The summed E-state index contributed by atoms with van der Waals surface area (Å²) in [5.74, 6) is 0.248. The molecule has 2 amide bonds. The van der Waals surface area contributed by atoms with Gasteiger partial charge in [-0.1, -0.05) is 12.1 Å². The van der Waals surface area contributed by atoms with Crippen LogP contribution in [0.25, 0.3) is 0 Å². The van der Waals surface area contributed by atoms with Gasteiger partial charge in [-0.05, 0) is 30.3 Å². The molecular formula is C19H19N3O3. The van der Waals surface area contributed by atoms with E-state index in [-0.39, 0.29) is 24.8 Å². The number of nitriles is 1. The van der Waals surface area contributed by atoms with Crippen LogP contribution >= 0.6 is 0 Å². The summed E-state index contributed by atoms with van der Waals surface area (Å²) in [5, 5.41) is 11.6. The molecule has 0 fully saturated rings. The molecule has 0 unspecified atom stereocenters. The van der Waals surface area contributed by atoms with E-state index in [0.29, 0.717) is 22.7 Å². The normalized spacial score (nSPS) is 9.80. The molecule has 6 heteroatoms. The summed E-state index contributed by atoms with van der Waals surface area (Å²) in [6.07, 6.45) is 0.133. The Labute approximate surface area is 146 Å². The summed E-state index contributed by atoms with van der Waals surface area (Å²) < 4.78 is 5.17. The number of hydrogen-bond donors (Lipinski definition) is 1. The molecule has 25 heavy (non-hydrogen) atoms. The summed E-state index contributed by atoms with van der Waals surface area (Å²) in [4.78, 5) is 25.6. The molecule has 2 rings (SSSR count). The van der Waals surface area contributed by atoms with Gasteiger partial charge in [0.1, 0.15) is 5.75 Å². The molecular weight excluding hydrogens is 318 g/mol. The van der Waals surface area contributed by atoms with Crippen molar-refractivity contribution in [2.24, 2.45) is 0 Å². The number of carbonyl (C=O) groups is 2. The number of rotatable bonds is 6. The van der Waals surface area contributed by atoms with Gasteiger partial charge in [-0.15, -0.1) is 0 Å². The van der Waals surface area contributed by atoms with Gasteiger partial charge in [-0.25, -0.2) is 0 Å². The molecule has 0 spiro atoms. The van der Waals surface area contributed by atoms with E-state index in [1.165, 1.54) is 11.8 Å². The van der Waals surface area contributed by atoms with Gasteiger partial charge < -0.3 is 15.0 Å². The van der Waals surface area contributed by atoms with Crippen LogP contribution < -0.4 is 15.0 Å². The number of anilines is 2. The highest BCUT2D eigenvalue weighted by Crippen LogP contribution is 2.21. The largest absolute Gasteiger partial charge is 0.497 e. The molecule has 1 N–H and O–H groups in total. The lowest BCUT2D eigenvalue weighted by Gasteiger charge is -2.21. The average Bonchev–Trinajstić information content (AvgIpc) is 2.62. The summed E-state index contributed by atoms with van der Waals surface area (Å²) in [6, 6.07) is 15.8. The minimum atomic E-state index is -0.232. The van der Waals surface area contributed by atoms with Gasteiger partial charge in [0.05, 0.1) is 18.7 Å². The Balaban J connectivity index is 2.02. The zero-order chi connectivity index (χ0) is 18.2. The van der Waals surface area contributed by atoms with Crippen molar-refractivity contribution >= 4 is 23.2 Å². The molecule has 0 aliphatic rings. The first-order chi connectivity index (χ1) is 12.0. The van der Waals surface area contributed by atoms with Gasteiger partial charge in [0.2, 0.25) is 11.8 Å². The molecule has 0 atom stereocenters. The molecule has 2 aromatic rings. The maximum absolute atomic E-state index is 12.1. The molecule has 0 saturated carbocycles. The van der Waals surface area contributed by atoms with Crippen LogP contribution in [0.1, 0.15) is 18.9 Å². The third-order valence-corrected chi connectivity index (χ3v) is 3.58. The highest BCUT2D eigenvalue weighted by atomic mass is 16.5. The third kappa shape index (κ3) is 5.08. The molecule has 6 nitrogen and oxygen atoms in total. The average molecular weight is 337 g/mol. The SMILES string of the molecule is COc1cccc(N(CCC(=O)Nc2cccc(C#N)c2)C(C)=O)c1. The fourth-order valence-corrected chi connectivity index (χ4v) is 2.35. The quantitative estimate of drug-likeness (QED) is 0.878. The zero-order valence-electron chi connectivity index (χ0n) is 14.2. The standard InChI is InChI=1S/C19H19N3O3/c1-14(23)22(17-7-4-8-18(12-17)25-2)10-9-19(24)21-16-6-3-5-15(11-16)13-20/h3-8,11-12H,9-10H2,1-2H3,(H,21,24). The Kier molecular flexibility index (Phi) is 6.13. The summed E-state index contributed by atoms with van der Waals surface area (Å²) in [5.41, 5.74) is 1.70. The van der Waals surface area contributed by atoms with Crippen molar-refractivity contribution in [1.82, 2.24) is 0 Å². The topological polar surface area (TPSA) is 82.4 Å². The Morgan fingerprint density at radius 1 is 1.20 bits per heavy atom. The maximum atomic E-state index is 12.1. The van der Waals surface area contributed by atoms with Gasteiger partial charge in [0.25, 0.3) is 0 Å². The lowest BCUT2D eigenvalue weighted by Crippen LogP contribution is -2.31. The second kappa shape index (κ2) is 8.50. The van der Waals surface area contributed by atoms with Crippen LogP contribution in [-0.2, 0) is 9.59 Å². The number of benzene rings is 2. The smallest absolute Gasteiger partial charge is 0.226 e. The van der Waals surface area contributed by atoms with E-state index < -0.39 is 0 Å². The van der Waals surface area contributed by atoms with Crippen LogP contribution in [0.4, 0.5) is 11.4 Å². The maximum Gasteiger partial charge on any atom is 0.226 e. The number of nitrogens with zero attached hydrogens (tertiary/aromatic N) is 2. The number of hydrogen-bond acceptors (Lipinski definition) is 4. The Morgan fingerprint density at radius 2 is 1.96 bits per heavy atom. The molecule has 128 valence electrons. The Hall–Kier alpha value is -3.33. The van der Waals surface area contributed by atoms with E-state index in [9.17, 15) is 9.59 Å². The van der Waals surface area contributed by atoms with Crippen LogP contribution in [0.5, 0.6) is 5.75 Å². The molecule has 0 radical (unpaired) electrons. The number of amides is 2. The van der Waals surface area contributed by atoms with Gasteiger partial charge in [0.15, 0.2) is 0 Å². The van der Waals surface area contributed by atoms with E-state index >= 15 is 0 Å². The summed E-state index contributed by atoms with van der Waals surface area (Å²) in [7, 11) is 1.56. The highest BCUT2D eigenvalue weighted by Gasteiger charge is 2.14. The lowest BCUT2D eigenvalue weighted by molar-refractivity contribution is -0.117. The number of ether oxygens (including phenoxy) is 1. The van der Waals surface area contributed by atoms with Crippen LogP contribution in [0.2, 0.25) is 0 Å². The predicted octanol–water partition coefficient (Wildman–Crippen LogP) is 2.95. The van der Waals surface area contributed by atoms with Crippen molar-refractivity contribution in [3.05, 3.63) is 54.1 Å². The van der Waals surface area contributed by atoms with E-state index in [2.05, 4.69) is 5.32 Å². The second-order valence-corrected chi connectivity index (χ2v) is 5.36. The number of nitrogens with one attached hydrogen (secondary N) is 1. The molecule has 2 aromatic carbocycles. The van der Waals surface area contributed by atoms with E-state index in [1.807, 2.05) is 6.07 Å². The van der Waals surface area contributed by atoms with E-state index in [4.69, 9.17) is 10.00 Å². The molecule has 0 aliphatic carbocycles. The van der Waals surface area contributed by atoms with E-state index in [0.717, 1.165) is 0 Å². The Bertz CT molecular complexity index is 812.